The molecule has 70 valence electrons. The molecule has 0 saturated carbocycles. The van der Waals surface area contributed by atoms with E-state index in [1.54, 1.807) is 12.1 Å². The Balaban J connectivity index is 2.68. The predicted molar refractivity (Wildman–Crippen MR) is 56.6 cm³/mol. The maximum Gasteiger partial charge on any atom is 0.0991 e. The number of nitrogens with zero attached hydrogens (tertiary/aromatic N) is 2. The number of hydrogen-bond acceptors (Lipinski definition) is 2. The quantitative estimate of drug-likeness (QED) is 0.618. The first-order valence-corrected chi connectivity index (χ1v) is 4.36. The van der Waals surface area contributed by atoms with Crippen molar-refractivity contribution in [1.82, 2.24) is 4.90 Å². The summed E-state index contributed by atoms with van der Waals surface area (Å²) in [4.78, 5) is 2.01. The molecule has 14 heavy (non-hydrogen) atoms. The molecule has 0 N–H and O–H groups in total. The van der Waals surface area contributed by atoms with Crippen LogP contribution in [0.3, 0.4) is 0 Å². The van der Waals surface area contributed by atoms with Crippen LogP contribution in [0, 0.1) is 23.2 Å². The molecule has 0 aliphatic heterocycles. The Bertz CT molecular complexity index is 385. The third-order valence-corrected chi connectivity index (χ3v) is 1.64. The molecule has 0 bridgehead atoms. The van der Waals surface area contributed by atoms with Gasteiger partial charge in [-0.05, 0) is 38.4 Å². The average molecular weight is 184 g/mol. The van der Waals surface area contributed by atoms with Crippen LogP contribution in [0.25, 0.3) is 0 Å². The molecule has 0 aromatic heterocycles. The summed E-state index contributed by atoms with van der Waals surface area (Å²) in [5.41, 5.74) is 1.62. The van der Waals surface area contributed by atoms with E-state index in [-0.39, 0.29) is 0 Å². The van der Waals surface area contributed by atoms with Crippen LogP contribution in [-0.2, 0) is 0 Å². The Labute approximate surface area is 84.8 Å². The third-order valence-electron chi connectivity index (χ3n) is 1.64. The fourth-order valence-corrected chi connectivity index (χ4v) is 0.928. The SMILES string of the molecule is CN(C)CC#Cc1ccc(C#N)cc1. The molecule has 2 nitrogen and oxygen atoms in total. The summed E-state index contributed by atoms with van der Waals surface area (Å²) in [6.07, 6.45) is 0. The van der Waals surface area contributed by atoms with E-state index in [2.05, 4.69) is 17.9 Å². The van der Waals surface area contributed by atoms with Crippen molar-refractivity contribution in [1.29, 1.82) is 5.26 Å². The van der Waals surface area contributed by atoms with Gasteiger partial charge in [-0.2, -0.15) is 5.26 Å². The van der Waals surface area contributed by atoms with Crippen LogP contribution in [0.1, 0.15) is 11.1 Å². The molecule has 0 heterocycles. The van der Waals surface area contributed by atoms with Crippen LogP contribution in [0.2, 0.25) is 0 Å². The van der Waals surface area contributed by atoms with Gasteiger partial charge in [-0.15, -0.1) is 0 Å². The van der Waals surface area contributed by atoms with Crippen LogP contribution in [0.4, 0.5) is 0 Å². The molecule has 0 radical (unpaired) electrons. The minimum atomic E-state index is 0.670. The Hall–Kier alpha value is -1.77. The summed E-state index contributed by atoms with van der Waals surface area (Å²) >= 11 is 0. The lowest BCUT2D eigenvalue weighted by Gasteiger charge is -2.00. The molecule has 0 amide bonds. The van der Waals surface area contributed by atoms with Gasteiger partial charge in [0, 0.05) is 5.56 Å². The van der Waals surface area contributed by atoms with E-state index in [1.165, 1.54) is 0 Å². The van der Waals surface area contributed by atoms with Gasteiger partial charge in [0.25, 0.3) is 0 Å². The first kappa shape index (κ1) is 10.3. The van der Waals surface area contributed by atoms with Crippen molar-refractivity contribution in [2.75, 3.05) is 20.6 Å². The highest BCUT2D eigenvalue weighted by Gasteiger charge is 1.88. The fourth-order valence-electron chi connectivity index (χ4n) is 0.928. The lowest BCUT2D eigenvalue weighted by Crippen LogP contribution is -2.10. The van der Waals surface area contributed by atoms with Gasteiger partial charge in [0.1, 0.15) is 0 Å². The van der Waals surface area contributed by atoms with Gasteiger partial charge in [0.05, 0.1) is 18.2 Å². The number of rotatable bonds is 1. The standard InChI is InChI=1S/C12H12N2/c1-14(2)9-3-4-11-5-7-12(10-13)8-6-11/h5-8H,9H2,1-2H3. The molecule has 0 aliphatic carbocycles. The van der Waals surface area contributed by atoms with Gasteiger partial charge in [-0.1, -0.05) is 11.8 Å². The predicted octanol–water partition coefficient (Wildman–Crippen LogP) is 1.47. The van der Waals surface area contributed by atoms with E-state index in [9.17, 15) is 0 Å². The zero-order valence-electron chi connectivity index (χ0n) is 8.41. The lowest BCUT2D eigenvalue weighted by molar-refractivity contribution is 0.464. The Morgan fingerprint density at radius 2 is 1.71 bits per heavy atom. The summed E-state index contributed by atoms with van der Waals surface area (Å²) in [6.45, 7) is 0.750. The monoisotopic (exact) mass is 184 g/mol. The van der Waals surface area contributed by atoms with Gasteiger partial charge >= 0.3 is 0 Å². The van der Waals surface area contributed by atoms with Crippen molar-refractivity contribution < 1.29 is 0 Å². The Morgan fingerprint density at radius 3 is 2.21 bits per heavy atom. The largest absolute Gasteiger partial charge is 0.299 e. The van der Waals surface area contributed by atoms with Crippen molar-refractivity contribution in [3.05, 3.63) is 35.4 Å². The van der Waals surface area contributed by atoms with Gasteiger partial charge in [0.2, 0.25) is 0 Å². The van der Waals surface area contributed by atoms with Crippen molar-refractivity contribution in [2.45, 2.75) is 0 Å². The highest BCUT2D eigenvalue weighted by atomic mass is 15.0. The first-order valence-electron chi connectivity index (χ1n) is 4.36. The van der Waals surface area contributed by atoms with Crippen molar-refractivity contribution in [3.8, 4) is 17.9 Å². The second-order valence-corrected chi connectivity index (χ2v) is 3.23. The maximum absolute atomic E-state index is 8.58. The lowest BCUT2D eigenvalue weighted by atomic mass is 10.1. The van der Waals surface area contributed by atoms with E-state index in [0.29, 0.717) is 5.56 Å². The Morgan fingerprint density at radius 1 is 1.14 bits per heavy atom. The molecule has 0 spiro atoms. The highest BCUT2D eigenvalue weighted by molar-refractivity contribution is 5.39. The number of benzene rings is 1. The summed E-state index contributed by atoms with van der Waals surface area (Å²) in [7, 11) is 3.96. The van der Waals surface area contributed by atoms with Crippen molar-refractivity contribution in [2.24, 2.45) is 0 Å². The molecule has 0 fully saturated rings. The summed E-state index contributed by atoms with van der Waals surface area (Å²) in [5.74, 6) is 6.06. The topological polar surface area (TPSA) is 27.0 Å². The van der Waals surface area contributed by atoms with Crippen LogP contribution in [0.15, 0.2) is 24.3 Å². The molecule has 0 saturated heterocycles. The molecule has 0 atom stereocenters. The Kier molecular flexibility index (Phi) is 3.73. The van der Waals surface area contributed by atoms with E-state index >= 15 is 0 Å². The van der Waals surface area contributed by atoms with Crippen LogP contribution in [0.5, 0.6) is 0 Å². The molecule has 1 aromatic carbocycles. The average Bonchev–Trinajstić information content (AvgIpc) is 2.18. The molecule has 0 aliphatic rings. The van der Waals surface area contributed by atoms with Gasteiger partial charge in [-0.3, -0.25) is 4.90 Å². The zero-order chi connectivity index (χ0) is 10.4. The van der Waals surface area contributed by atoms with Gasteiger partial charge in [-0.25, -0.2) is 0 Å². The summed E-state index contributed by atoms with van der Waals surface area (Å²) < 4.78 is 0. The number of nitriles is 1. The molecule has 2 heteroatoms. The van der Waals surface area contributed by atoms with E-state index in [1.807, 2.05) is 31.1 Å². The number of hydrogen-bond donors (Lipinski definition) is 0. The molecular formula is C12H12N2. The normalized spacial score (nSPS) is 9.00. The van der Waals surface area contributed by atoms with Crippen molar-refractivity contribution in [3.63, 3.8) is 0 Å². The fraction of sp³-hybridized carbons (Fsp3) is 0.250. The smallest absolute Gasteiger partial charge is 0.0991 e. The third kappa shape index (κ3) is 3.31. The zero-order valence-corrected chi connectivity index (χ0v) is 8.41. The van der Waals surface area contributed by atoms with Crippen LogP contribution in [-0.4, -0.2) is 25.5 Å². The first-order chi connectivity index (χ1) is 6.72. The molecular weight excluding hydrogens is 172 g/mol. The second-order valence-electron chi connectivity index (χ2n) is 3.23. The molecule has 1 rings (SSSR count). The van der Waals surface area contributed by atoms with Crippen LogP contribution < -0.4 is 0 Å². The van der Waals surface area contributed by atoms with Crippen molar-refractivity contribution >= 4 is 0 Å². The molecule has 0 unspecified atom stereocenters. The maximum atomic E-state index is 8.58. The summed E-state index contributed by atoms with van der Waals surface area (Å²) in [6, 6.07) is 9.35. The van der Waals surface area contributed by atoms with E-state index in [4.69, 9.17) is 5.26 Å². The highest BCUT2D eigenvalue weighted by Crippen LogP contribution is 2.00. The van der Waals surface area contributed by atoms with Crippen LogP contribution >= 0.6 is 0 Å². The minimum Gasteiger partial charge on any atom is -0.299 e. The molecule has 1 aromatic rings. The summed E-state index contributed by atoms with van der Waals surface area (Å²) in [5, 5.41) is 8.58. The second kappa shape index (κ2) is 5.07. The van der Waals surface area contributed by atoms with Gasteiger partial charge in [0.15, 0.2) is 0 Å². The van der Waals surface area contributed by atoms with E-state index in [0.717, 1.165) is 12.1 Å². The minimum absolute atomic E-state index is 0.670. The van der Waals surface area contributed by atoms with E-state index < -0.39 is 0 Å². The van der Waals surface area contributed by atoms with Gasteiger partial charge < -0.3 is 0 Å².